The number of thiophene rings is 1. The summed E-state index contributed by atoms with van der Waals surface area (Å²) in [6.07, 6.45) is 0. The Morgan fingerprint density at radius 2 is 2.21 bits per heavy atom. The molecule has 0 unspecified atom stereocenters. The lowest BCUT2D eigenvalue weighted by Gasteiger charge is -1.96. The van der Waals surface area contributed by atoms with E-state index >= 15 is 0 Å². The molecule has 0 fully saturated rings. The molecule has 1 aromatic heterocycles. The quantitative estimate of drug-likeness (QED) is 0.736. The molecule has 0 bridgehead atoms. The summed E-state index contributed by atoms with van der Waals surface area (Å²) in [6.45, 7) is 0. The lowest BCUT2D eigenvalue weighted by molar-refractivity contribution is 0.0699. The molecule has 72 valence electrons. The number of rotatable bonds is 1. The standard InChI is InChI=1S/C9H5FO2S2/c10-7-6(13)2-1-4-5(9(11)12)3-14-8(4)7/h1-3,13H,(H,11,12). The number of halogens is 1. The maximum absolute atomic E-state index is 13.4. The molecule has 5 heteroatoms. The number of aromatic carboxylic acids is 1. The number of carboxylic acids is 1. The second-order valence-electron chi connectivity index (χ2n) is 2.73. The largest absolute Gasteiger partial charge is 0.478 e. The SMILES string of the molecule is O=C(O)c1csc2c(F)c(S)ccc12. The zero-order valence-electron chi connectivity index (χ0n) is 6.82. The van der Waals surface area contributed by atoms with E-state index in [1.165, 1.54) is 11.4 Å². The first-order valence-electron chi connectivity index (χ1n) is 3.73. The van der Waals surface area contributed by atoms with Crippen molar-refractivity contribution in [1.29, 1.82) is 0 Å². The molecular weight excluding hydrogens is 223 g/mol. The summed E-state index contributed by atoms with van der Waals surface area (Å²) in [5.74, 6) is -1.49. The molecule has 1 heterocycles. The average molecular weight is 228 g/mol. The summed E-state index contributed by atoms with van der Waals surface area (Å²) < 4.78 is 13.8. The van der Waals surface area contributed by atoms with Gasteiger partial charge in [0.05, 0.1) is 10.3 Å². The van der Waals surface area contributed by atoms with Gasteiger partial charge in [-0.2, -0.15) is 0 Å². The monoisotopic (exact) mass is 228 g/mol. The predicted octanol–water partition coefficient (Wildman–Crippen LogP) is 3.03. The molecule has 0 atom stereocenters. The maximum atomic E-state index is 13.4. The first-order valence-corrected chi connectivity index (χ1v) is 5.06. The van der Waals surface area contributed by atoms with Crippen LogP contribution in [0.3, 0.4) is 0 Å². The molecule has 0 radical (unpaired) electrons. The lowest BCUT2D eigenvalue weighted by Crippen LogP contribution is -1.93. The van der Waals surface area contributed by atoms with Crippen molar-refractivity contribution in [1.82, 2.24) is 0 Å². The van der Waals surface area contributed by atoms with Gasteiger partial charge in [0.25, 0.3) is 0 Å². The molecule has 0 saturated carbocycles. The molecule has 0 aliphatic rings. The van der Waals surface area contributed by atoms with E-state index in [0.29, 0.717) is 10.1 Å². The Hall–Kier alpha value is -1.07. The minimum Gasteiger partial charge on any atom is -0.478 e. The van der Waals surface area contributed by atoms with Gasteiger partial charge in [0, 0.05) is 15.7 Å². The smallest absolute Gasteiger partial charge is 0.337 e. The van der Waals surface area contributed by atoms with Gasteiger partial charge in [0.2, 0.25) is 0 Å². The second-order valence-corrected chi connectivity index (χ2v) is 4.09. The van der Waals surface area contributed by atoms with Gasteiger partial charge >= 0.3 is 5.97 Å². The van der Waals surface area contributed by atoms with E-state index in [0.717, 1.165) is 11.3 Å². The van der Waals surface area contributed by atoms with Crippen LogP contribution in [0.15, 0.2) is 22.4 Å². The van der Waals surface area contributed by atoms with Crippen molar-refractivity contribution in [2.75, 3.05) is 0 Å². The first-order chi connectivity index (χ1) is 6.61. The van der Waals surface area contributed by atoms with E-state index in [-0.39, 0.29) is 10.5 Å². The van der Waals surface area contributed by atoms with Crippen molar-refractivity contribution < 1.29 is 14.3 Å². The van der Waals surface area contributed by atoms with Crippen LogP contribution in [0.25, 0.3) is 10.1 Å². The minimum atomic E-state index is -1.04. The highest BCUT2D eigenvalue weighted by Crippen LogP contribution is 2.31. The number of hydrogen-bond donors (Lipinski definition) is 2. The van der Waals surface area contributed by atoms with Crippen LogP contribution in [0.1, 0.15) is 10.4 Å². The fraction of sp³-hybridized carbons (Fsp3) is 0. The van der Waals surface area contributed by atoms with E-state index in [9.17, 15) is 9.18 Å². The summed E-state index contributed by atoms with van der Waals surface area (Å²) in [7, 11) is 0. The summed E-state index contributed by atoms with van der Waals surface area (Å²) >= 11 is 5.00. The zero-order valence-corrected chi connectivity index (χ0v) is 8.53. The third-order valence-corrected chi connectivity index (χ3v) is 3.23. The Balaban J connectivity index is 2.83. The molecule has 0 saturated heterocycles. The van der Waals surface area contributed by atoms with E-state index in [4.69, 9.17) is 5.11 Å². The highest BCUT2D eigenvalue weighted by molar-refractivity contribution is 7.80. The molecular formula is C9H5FO2S2. The number of carbonyl (C=O) groups is 1. The van der Waals surface area contributed by atoms with Crippen LogP contribution in [0.2, 0.25) is 0 Å². The fourth-order valence-corrected chi connectivity index (χ4v) is 2.46. The van der Waals surface area contributed by atoms with Crippen LogP contribution in [0, 0.1) is 5.82 Å². The highest BCUT2D eigenvalue weighted by atomic mass is 32.1. The van der Waals surface area contributed by atoms with Crippen molar-refractivity contribution in [3.63, 3.8) is 0 Å². The van der Waals surface area contributed by atoms with Crippen molar-refractivity contribution in [3.8, 4) is 0 Å². The van der Waals surface area contributed by atoms with E-state index < -0.39 is 11.8 Å². The summed E-state index contributed by atoms with van der Waals surface area (Å²) in [6, 6.07) is 3.03. The van der Waals surface area contributed by atoms with Gasteiger partial charge in [-0.15, -0.1) is 24.0 Å². The van der Waals surface area contributed by atoms with E-state index in [1.54, 1.807) is 6.07 Å². The Kier molecular flexibility index (Phi) is 2.20. The molecule has 0 aliphatic carbocycles. The van der Waals surface area contributed by atoms with Gasteiger partial charge in [-0.05, 0) is 6.07 Å². The highest BCUT2D eigenvalue weighted by Gasteiger charge is 2.14. The molecule has 2 rings (SSSR count). The van der Waals surface area contributed by atoms with Crippen molar-refractivity contribution >= 4 is 40.0 Å². The van der Waals surface area contributed by atoms with Crippen LogP contribution in [0.5, 0.6) is 0 Å². The fourth-order valence-electron chi connectivity index (χ4n) is 1.22. The number of thiol groups is 1. The van der Waals surface area contributed by atoms with Gasteiger partial charge < -0.3 is 5.11 Å². The van der Waals surface area contributed by atoms with Gasteiger partial charge in [-0.25, -0.2) is 9.18 Å². The number of fused-ring (bicyclic) bond motifs is 1. The molecule has 0 aliphatic heterocycles. The Morgan fingerprint density at radius 3 is 2.86 bits per heavy atom. The minimum absolute atomic E-state index is 0.136. The number of benzene rings is 1. The molecule has 0 amide bonds. The van der Waals surface area contributed by atoms with Crippen LogP contribution < -0.4 is 0 Å². The summed E-state index contributed by atoms with van der Waals surface area (Å²) in [5.41, 5.74) is 0.136. The molecule has 1 N–H and O–H groups in total. The Bertz CT molecular complexity index is 519. The van der Waals surface area contributed by atoms with Gasteiger partial charge in [-0.3, -0.25) is 0 Å². The predicted molar refractivity (Wildman–Crippen MR) is 56.0 cm³/mol. The van der Waals surface area contributed by atoms with Crippen molar-refractivity contribution in [2.24, 2.45) is 0 Å². The molecule has 0 spiro atoms. The molecule has 14 heavy (non-hydrogen) atoms. The summed E-state index contributed by atoms with van der Waals surface area (Å²) in [4.78, 5) is 11.0. The van der Waals surface area contributed by atoms with E-state index in [2.05, 4.69) is 12.6 Å². The topological polar surface area (TPSA) is 37.3 Å². The lowest BCUT2D eigenvalue weighted by atomic mass is 10.2. The first kappa shape index (κ1) is 9.48. The normalized spacial score (nSPS) is 10.7. The van der Waals surface area contributed by atoms with Gasteiger partial charge in [-0.1, -0.05) is 6.07 Å². The average Bonchev–Trinajstić information content (AvgIpc) is 2.55. The van der Waals surface area contributed by atoms with Crippen LogP contribution >= 0.6 is 24.0 Å². The molecule has 1 aromatic carbocycles. The van der Waals surface area contributed by atoms with E-state index in [1.807, 2.05) is 0 Å². The third-order valence-electron chi connectivity index (χ3n) is 1.89. The summed E-state index contributed by atoms with van der Waals surface area (Å²) in [5, 5.41) is 10.7. The third kappa shape index (κ3) is 1.29. The number of hydrogen-bond acceptors (Lipinski definition) is 3. The van der Waals surface area contributed by atoms with Crippen LogP contribution in [0.4, 0.5) is 4.39 Å². The second kappa shape index (κ2) is 3.25. The maximum Gasteiger partial charge on any atom is 0.337 e. The Morgan fingerprint density at radius 1 is 1.50 bits per heavy atom. The molecule has 2 aromatic rings. The Labute approximate surface area is 88.4 Å². The van der Waals surface area contributed by atoms with Gasteiger partial charge in [0.15, 0.2) is 5.82 Å². The van der Waals surface area contributed by atoms with Crippen molar-refractivity contribution in [2.45, 2.75) is 4.90 Å². The number of carboxylic acid groups (broad SMARTS) is 1. The zero-order chi connectivity index (χ0) is 10.3. The van der Waals surface area contributed by atoms with Crippen LogP contribution in [-0.2, 0) is 0 Å². The van der Waals surface area contributed by atoms with Crippen molar-refractivity contribution in [3.05, 3.63) is 28.9 Å². The molecule has 2 nitrogen and oxygen atoms in total. The van der Waals surface area contributed by atoms with Gasteiger partial charge in [0.1, 0.15) is 0 Å². The van der Waals surface area contributed by atoms with Crippen LogP contribution in [-0.4, -0.2) is 11.1 Å².